The second kappa shape index (κ2) is 4.69. The third kappa shape index (κ3) is 2.03. The Morgan fingerprint density at radius 3 is 2.21 bits per heavy atom. The molecule has 3 nitrogen and oxygen atoms in total. The van der Waals surface area contributed by atoms with Crippen LogP contribution >= 0.6 is 0 Å². The van der Waals surface area contributed by atoms with E-state index in [0.717, 1.165) is 33.7 Å². The molecule has 0 amide bonds. The lowest BCUT2D eigenvalue weighted by Gasteiger charge is -2.10. The normalized spacial score (nSPS) is 10.6. The summed E-state index contributed by atoms with van der Waals surface area (Å²) in [4.78, 5) is 9.32. The molecule has 0 spiro atoms. The van der Waals surface area contributed by atoms with Gasteiger partial charge in [0.1, 0.15) is 5.75 Å². The number of ether oxygens (including phenoxy) is 1. The minimum Gasteiger partial charge on any atom is -0.496 e. The highest BCUT2D eigenvalue weighted by Gasteiger charge is 2.11. The van der Waals surface area contributed by atoms with Gasteiger partial charge in [0.05, 0.1) is 29.5 Å². The minimum absolute atomic E-state index is 0.815. The lowest BCUT2D eigenvalue weighted by Crippen LogP contribution is -1.96. The molecule has 3 rings (SSSR count). The smallest absolute Gasteiger partial charge is 0.128 e. The molecule has 0 saturated carbocycles. The Balaban J connectivity index is 2.27. The molecule has 0 atom stereocenters. The number of benzene rings is 2. The topological polar surface area (TPSA) is 35.0 Å². The molecule has 3 aromatic rings. The van der Waals surface area contributed by atoms with E-state index in [4.69, 9.17) is 9.72 Å². The molecule has 0 aliphatic rings. The van der Waals surface area contributed by atoms with Crippen LogP contribution in [0.25, 0.3) is 22.3 Å². The quantitative estimate of drug-likeness (QED) is 0.696. The molecule has 3 heteroatoms. The predicted octanol–water partition coefficient (Wildman–Crippen LogP) is 3.61. The largest absolute Gasteiger partial charge is 0.496 e. The lowest BCUT2D eigenvalue weighted by molar-refractivity contribution is 0.416. The number of methoxy groups -OCH3 is 1. The molecule has 0 bridgehead atoms. The van der Waals surface area contributed by atoms with Crippen LogP contribution in [0, 0.1) is 6.92 Å². The van der Waals surface area contributed by atoms with E-state index in [1.54, 1.807) is 7.11 Å². The zero-order valence-electron chi connectivity index (χ0n) is 10.9. The standard InChI is InChI=1S/C16H14N2O/c1-11-16(12-7-3-6-10-15(12)19-2)18-14-9-5-4-8-13(14)17-11/h3-10H,1-2H3. The van der Waals surface area contributed by atoms with Crippen LogP contribution in [0.5, 0.6) is 5.75 Å². The fourth-order valence-corrected chi connectivity index (χ4v) is 2.18. The van der Waals surface area contributed by atoms with Crippen molar-refractivity contribution in [3.8, 4) is 17.0 Å². The van der Waals surface area contributed by atoms with Crippen LogP contribution in [0.1, 0.15) is 5.69 Å². The summed E-state index contributed by atoms with van der Waals surface area (Å²) in [6, 6.07) is 15.8. The summed E-state index contributed by atoms with van der Waals surface area (Å²) in [6.07, 6.45) is 0. The molecular formula is C16H14N2O. The zero-order chi connectivity index (χ0) is 13.2. The van der Waals surface area contributed by atoms with Gasteiger partial charge in [-0.05, 0) is 31.2 Å². The Morgan fingerprint density at radius 1 is 0.842 bits per heavy atom. The molecule has 94 valence electrons. The van der Waals surface area contributed by atoms with Gasteiger partial charge in [-0.1, -0.05) is 24.3 Å². The summed E-state index contributed by atoms with van der Waals surface area (Å²) < 4.78 is 5.40. The fraction of sp³-hybridized carbons (Fsp3) is 0.125. The average molecular weight is 250 g/mol. The molecule has 0 fully saturated rings. The zero-order valence-corrected chi connectivity index (χ0v) is 10.9. The molecule has 0 saturated heterocycles. The first-order chi connectivity index (χ1) is 9.29. The summed E-state index contributed by atoms with van der Waals surface area (Å²) in [5.74, 6) is 0.815. The molecule has 19 heavy (non-hydrogen) atoms. The number of para-hydroxylation sites is 3. The Labute approximate surface area is 111 Å². The number of rotatable bonds is 2. The van der Waals surface area contributed by atoms with Crippen LogP contribution in [0.2, 0.25) is 0 Å². The number of nitrogens with zero attached hydrogens (tertiary/aromatic N) is 2. The highest BCUT2D eigenvalue weighted by Crippen LogP contribution is 2.30. The van der Waals surface area contributed by atoms with Gasteiger partial charge in [0.25, 0.3) is 0 Å². The van der Waals surface area contributed by atoms with Crippen molar-refractivity contribution in [2.24, 2.45) is 0 Å². The lowest BCUT2D eigenvalue weighted by atomic mass is 10.1. The van der Waals surface area contributed by atoms with Crippen molar-refractivity contribution in [2.45, 2.75) is 6.92 Å². The third-order valence-electron chi connectivity index (χ3n) is 3.11. The molecule has 0 unspecified atom stereocenters. The maximum Gasteiger partial charge on any atom is 0.128 e. The van der Waals surface area contributed by atoms with Crippen LogP contribution in [0.4, 0.5) is 0 Å². The van der Waals surface area contributed by atoms with Crippen molar-refractivity contribution in [3.63, 3.8) is 0 Å². The Kier molecular flexibility index (Phi) is 2.88. The highest BCUT2D eigenvalue weighted by molar-refractivity contribution is 5.79. The van der Waals surface area contributed by atoms with Gasteiger partial charge in [-0.25, -0.2) is 9.97 Å². The molecule has 0 N–H and O–H groups in total. The fourth-order valence-electron chi connectivity index (χ4n) is 2.18. The van der Waals surface area contributed by atoms with E-state index in [9.17, 15) is 0 Å². The van der Waals surface area contributed by atoms with Crippen molar-refractivity contribution in [3.05, 3.63) is 54.2 Å². The van der Waals surface area contributed by atoms with Crippen LogP contribution in [-0.4, -0.2) is 17.1 Å². The van der Waals surface area contributed by atoms with Gasteiger partial charge in [0.15, 0.2) is 0 Å². The Morgan fingerprint density at radius 2 is 1.47 bits per heavy atom. The van der Waals surface area contributed by atoms with Crippen LogP contribution in [-0.2, 0) is 0 Å². The number of fused-ring (bicyclic) bond motifs is 1. The first-order valence-electron chi connectivity index (χ1n) is 6.16. The Bertz CT molecular complexity index is 738. The Hall–Kier alpha value is -2.42. The van der Waals surface area contributed by atoms with E-state index in [1.807, 2.05) is 55.5 Å². The summed E-state index contributed by atoms with van der Waals surface area (Å²) in [5.41, 5.74) is 4.56. The van der Waals surface area contributed by atoms with Crippen LogP contribution in [0.15, 0.2) is 48.5 Å². The number of aryl methyl sites for hydroxylation is 1. The van der Waals surface area contributed by atoms with Gasteiger partial charge in [0.2, 0.25) is 0 Å². The predicted molar refractivity (Wildman–Crippen MR) is 76.3 cm³/mol. The molecule has 0 aliphatic heterocycles. The molecule has 1 aromatic heterocycles. The van der Waals surface area contributed by atoms with Gasteiger partial charge in [-0.15, -0.1) is 0 Å². The second-order valence-electron chi connectivity index (χ2n) is 4.35. The maximum absolute atomic E-state index is 5.40. The van der Waals surface area contributed by atoms with Gasteiger partial charge < -0.3 is 4.74 Å². The van der Waals surface area contributed by atoms with Crippen molar-refractivity contribution in [2.75, 3.05) is 7.11 Å². The van der Waals surface area contributed by atoms with E-state index in [-0.39, 0.29) is 0 Å². The van der Waals surface area contributed by atoms with E-state index < -0.39 is 0 Å². The van der Waals surface area contributed by atoms with Gasteiger partial charge in [-0.3, -0.25) is 0 Å². The molecule has 0 radical (unpaired) electrons. The second-order valence-corrected chi connectivity index (χ2v) is 4.35. The monoisotopic (exact) mass is 250 g/mol. The molecular weight excluding hydrogens is 236 g/mol. The molecule has 1 heterocycles. The van der Waals surface area contributed by atoms with Crippen molar-refractivity contribution >= 4 is 11.0 Å². The van der Waals surface area contributed by atoms with Crippen molar-refractivity contribution < 1.29 is 4.74 Å². The first kappa shape index (κ1) is 11.7. The van der Waals surface area contributed by atoms with E-state index >= 15 is 0 Å². The third-order valence-corrected chi connectivity index (χ3v) is 3.11. The first-order valence-corrected chi connectivity index (χ1v) is 6.16. The van der Waals surface area contributed by atoms with Gasteiger partial charge in [-0.2, -0.15) is 0 Å². The highest BCUT2D eigenvalue weighted by atomic mass is 16.5. The van der Waals surface area contributed by atoms with Crippen LogP contribution in [0.3, 0.4) is 0 Å². The molecule has 2 aromatic carbocycles. The summed E-state index contributed by atoms with van der Waals surface area (Å²) >= 11 is 0. The van der Waals surface area contributed by atoms with Crippen molar-refractivity contribution in [1.82, 2.24) is 9.97 Å². The number of hydrogen-bond acceptors (Lipinski definition) is 3. The molecule has 0 aliphatic carbocycles. The summed E-state index contributed by atoms with van der Waals surface area (Å²) in [7, 11) is 1.67. The number of hydrogen-bond donors (Lipinski definition) is 0. The summed E-state index contributed by atoms with van der Waals surface area (Å²) in [6.45, 7) is 1.97. The number of aromatic nitrogens is 2. The van der Waals surface area contributed by atoms with Crippen LogP contribution < -0.4 is 4.74 Å². The van der Waals surface area contributed by atoms with Gasteiger partial charge >= 0.3 is 0 Å². The SMILES string of the molecule is COc1ccccc1-c1nc2ccccc2nc1C. The van der Waals surface area contributed by atoms with E-state index in [0.29, 0.717) is 0 Å². The summed E-state index contributed by atoms with van der Waals surface area (Å²) in [5, 5.41) is 0. The maximum atomic E-state index is 5.40. The van der Waals surface area contributed by atoms with Gasteiger partial charge in [0, 0.05) is 5.56 Å². The minimum atomic E-state index is 0.815. The van der Waals surface area contributed by atoms with E-state index in [1.165, 1.54) is 0 Å². The van der Waals surface area contributed by atoms with E-state index in [2.05, 4.69) is 4.98 Å². The van der Waals surface area contributed by atoms with Crippen molar-refractivity contribution in [1.29, 1.82) is 0 Å². The average Bonchev–Trinajstić information content (AvgIpc) is 2.46.